The van der Waals surface area contributed by atoms with E-state index in [0.717, 1.165) is 18.4 Å². The van der Waals surface area contributed by atoms with E-state index in [2.05, 4.69) is 24.6 Å². The van der Waals surface area contributed by atoms with E-state index in [9.17, 15) is 13.2 Å². The van der Waals surface area contributed by atoms with E-state index in [1.165, 1.54) is 5.56 Å². The van der Waals surface area contributed by atoms with E-state index in [-0.39, 0.29) is 16.7 Å². The van der Waals surface area contributed by atoms with Crippen molar-refractivity contribution in [1.82, 2.24) is 9.62 Å². The Morgan fingerprint density at radius 1 is 1.16 bits per heavy atom. The fourth-order valence-electron chi connectivity index (χ4n) is 3.92. The van der Waals surface area contributed by atoms with Gasteiger partial charge in [-0.2, -0.15) is 0 Å². The molecule has 1 heterocycles. The average molecular weight is 459 g/mol. The summed E-state index contributed by atoms with van der Waals surface area (Å²) in [6.07, 6.45) is 1.13. The Morgan fingerprint density at radius 2 is 1.88 bits per heavy atom. The highest BCUT2D eigenvalue weighted by atomic mass is 32.2. The molecule has 174 valence electrons. The quantitative estimate of drug-likeness (QED) is 0.646. The molecule has 6 nitrogen and oxygen atoms in total. The molecule has 2 aromatic carbocycles. The molecule has 7 heteroatoms. The van der Waals surface area contributed by atoms with Crippen molar-refractivity contribution in [3.8, 4) is 5.75 Å². The fourth-order valence-corrected chi connectivity index (χ4v) is 5.03. The highest BCUT2D eigenvalue weighted by molar-refractivity contribution is 7.89. The standard InChI is InChI=1S/C25H34N2O4S/c1-18(2)22-8-5-9-23(15-22)31-20(4)25(28)27-14-6-7-21(17-27)16-26-32(29,30)24-12-10-19(3)11-13-24/h5,8-13,15,18,20-21,26H,6-7,14,16-17H2,1-4H3. The van der Waals surface area contributed by atoms with Crippen LogP contribution in [0.4, 0.5) is 0 Å². The van der Waals surface area contributed by atoms with E-state index in [4.69, 9.17) is 4.74 Å². The molecule has 1 aliphatic heterocycles. The molecule has 1 N–H and O–H groups in total. The molecule has 32 heavy (non-hydrogen) atoms. The topological polar surface area (TPSA) is 75.7 Å². The number of sulfonamides is 1. The molecule has 1 saturated heterocycles. The van der Waals surface area contributed by atoms with Crippen molar-refractivity contribution in [3.05, 3.63) is 59.7 Å². The second kappa shape index (κ2) is 10.5. The first-order chi connectivity index (χ1) is 15.2. The maximum absolute atomic E-state index is 13.0. The Labute approximate surface area is 192 Å². The molecule has 2 unspecified atom stereocenters. The van der Waals surface area contributed by atoms with Gasteiger partial charge < -0.3 is 9.64 Å². The summed E-state index contributed by atoms with van der Waals surface area (Å²) in [7, 11) is -3.56. The van der Waals surface area contributed by atoms with Gasteiger partial charge in [0.15, 0.2) is 6.10 Å². The van der Waals surface area contributed by atoms with Gasteiger partial charge in [0.05, 0.1) is 4.90 Å². The van der Waals surface area contributed by atoms with Gasteiger partial charge >= 0.3 is 0 Å². The molecule has 2 atom stereocenters. The predicted octanol–water partition coefficient (Wildman–Crippen LogP) is 4.10. The molecular formula is C25H34N2O4S. The van der Waals surface area contributed by atoms with Gasteiger partial charge in [0, 0.05) is 19.6 Å². The molecule has 0 aromatic heterocycles. The van der Waals surface area contributed by atoms with Crippen LogP contribution in [0.5, 0.6) is 5.75 Å². The number of aryl methyl sites for hydroxylation is 1. The molecule has 0 aliphatic carbocycles. The third-order valence-corrected chi connectivity index (χ3v) is 7.35. The van der Waals surface area contributed by atoms with Gasteiger partial charge in [-0.05, 0) is 68.4 Å². The Morgan fingerprint density at radius 3 is 2.56 bits per heavy atom. The summed E-state index contributed by atoms with van der Waals surface area (Å²) in [6.45, 7) is 9.43. The minimum absolute atomic E-state index is 0.0639. The van der Waals surface area contributed by atoms with E-state index in [0.29, 0.717) is 31.3 Å². The van der Waals surface area contributed by atoms with Crippen LogP contribution in [-0.2, 0) is 14.8 Å². The highest BCUT2D eigenvalue weighted by Gasteiger charge is 2.28. The summed E-state index contributed by atoms with van der Waals surface area (Å²) in [5, 5.41) is 0. The molecule has 0 saturated carbocycles. The van der Waals surface area contributed by atoms with Gasteiger partial charge in [-0.1, -0.05) is 43.7 Å². The highest BCUT2D eigenvalue weighted by Crippen LogP contribution is 2.23. The molecule has 1 aliphatic rings. The van der Waals surface area contributed by atoms with Crippen LogP contribution in [0.3, 0.4) is 0 Å². The number of hydrogen-bond acceptors (Lipinski definition) is 4. The maximum Gasteiger partial charge on any atom is 0.263 e. The lowest BCUT2D eigenvalue weighted by atomic mass is 9.98. The van der Waals surface area contributed by atoms with Gasteiger partial charge in [0.2, 0.25) is 10.0 Å². The molecular weight excluding hydrogens is 424 g/mol. The molecule has 3 rings (SSSR count). The van der Waals surface area contributed by atoms with Gasteiger partial charge in [-0.3, -0.25) is 4.79 Å². The third-order valence-electron chi connectivity index (χ3n) is 5.91. The lowest BCUT2D eigenvalue weighted by Crippen LogP contribution is -2.47. The van der Waals surface area contributed by atoms with Crippen molar-refractivity contribution in [2.24, 2.45) is 5.92 Å². The van der Waals surface area contributed by atoms with Crippen molar-refractivity contribution >= 4 is 15.9 Å². The number of nitrogens with one attached hydrogen (secondary N) is 1. The Bertz CT molecular complexity index is 1020. The Balaban J connectivity index is 1.56. The van der Waals surface area contributed by atoms with Crippen molar-refractivity contribution in [2.75, 3.05) is 19.6 Å². The third kappa shape index (κ3) is 6.33. The number of likely N-dealkylation sites (tertiary alicyclic amines) is 1. The minimum Gasteiger partial charge on any atom is -0.481 e. The number of ether oxygens (including phenoxy) is 1. The van der Waals surface area contributed by atoms with Crippen molar-refractivity contribution in [1.29, 1.82) is 0 Å². The van der Waals surface area contributed by atoms with E-state index in [1.807, 2.05) is 25.1 Å². The van der Waals surface area contributed by atoms with Crippen molar-refractivity contribution in [2.45, 2.75) is 57.5 Å². The van der Waals surface area contributed by atoms with Crippen LogP contribution in [0.2, 0.25) is 0 Å². The zero-order valence-corrected chi connectivity index (χ0v) is 20.2. The van der Waals surface area contributed by atoms with Crippen LogP contribution >= 0.6 is 0 Å². The second-order valence-electron chi connectivity index (χ2n) is 8.94. The average Bonchev–Trinajstić information content (AvgIpc) is 2.78. The minimum atomic E-state index is -3.56. The molecule has 1 amide bonds. The number of piperidine rings is 1. The van der Waals surface area contributed by atoms with Gasteiger partial charge in [-0.25, -0.2) is 13.1 Å². The molecule has 0 radical (unpaired) electrons. The number of benzene rings is 2. The van der Waals surface area contributed by atoms with Crippen LogP contribution in [0.15, 0.2) is 53.4 Å². The number of carbonyl (C=O) groups excluding carboxylic acids is 1. The lowest BCUT2D eigenvalue weighted by molar-refractivity contribution is -0.139. The summed E-state index contributed by atoms with van der Waals surface area (Å²) in [4.78, 5) is 15.0. The summed E-state index contributed by atoms with van der Waals surface area (Å²) in [5.41, 5.74) is 2.18. The normalized spacial score (nSPS) is 17.9. The first-order valence-electron chi connectivity index (χ1n) is 11.3. The Hall–Kier alpha value is -2.38. The van der Waals surface area contributed by atoms with Crippen LogP contribution < -0.4 is 9.46 Å². The molecule has 0 spiro atoms. The molecule has 2 aromatic rings. The van der Waals surface area contributed by atoms with Crippen molar-refractivity contribution < 1.29 is 17.9 Å². The zero-order chi connectivity index (χ0) is 23.3. The monoisotopic (exact) mass is 458 g/mol. The predicted molar refractivity (Wildman–Crippen MR) is 126 cm³/mol. The zero-order valence-electron chi connectivity index (χ0n) is 19.4. The van der Waals surface area contributed by atoms with Crippen LogP contribution in [0, 0.1) is 12.8 Å². The van der Waals surface area contributed by atoms with E-state index in [1.54, 1.807) is 36.1 Å². The maximum atomic E-state index is 13.0. The first kappa shape index (κ1) is 24.3. The summed E-state index contributed by atoms with van der Waals surface area (Å²) in [5.74, 6) is 1.09. The fraction of sp³-hybridized carbons (Fsp3) is 0.480. The summed E-state index contributed by atoms with van der Waals surface area (Å²) < 4.78 is 33.8. The Kier molecular flexibility index (Phi) is 7.96. The van der Waals surface area contributed by atoms with Crippen molar-refractivity contribution in [3.63, 3.8) is 0 Å². The van der Waals surface area contributed by atoms with Gasteiger partial charge in [0.1, 0.15) is 5.75 Å². The summed E-state index contributed by atoms with van der Waals surface area (Å²) in [6, 6.07) is 14.6. The summed E-state index contributed by atoms with van der Waals surface area (Å²) >= 11 is 0. The number of rotatable bonds is 8. The number of nitrogens with zero attached hydrogens (tertiary/aromatic N) is 1. The largest absolute Gasteiger partial charge is 0.481 e. The first-order valence-corrected chi connectivity index (χ1v) is 12.8. The lowest BCUT2D eigenvalue weighted by Gasteiger charge is -2.34. The van der Waals surface area contributed by atoms with Gasteiger partial charge in [0.25, 0.3) is 5.91 Å². The number of hydrogen-bond donors (Lipinski definition) is 1. The van der Waals surface area contributed by atoms with Crippen LogP contribution in [0.25, 0.3) is 0 Å². The van der Waals surface area contributed by atoms with E-state index < -0.39 is 16.1 Å². The van der Waals surface area contributed by atoms with E-state index >= 15 is 0 Å². The number of carbonyl (C=O) groups is 1. The van der Waals surface area contributed by atoms with Crippen LogP contribution in [0.1, 0.15) is 50.7 Å². The SMILES string of the molecule is Cc1ccc(S(=O)(=O)NCC2CCCN(C(=O)C(C)Oc3cccc(C(C)C)c3)C2)cc1. The number of amides is 1. The van der Waals surface area contributed by atoms with Gasteiger partial charge in [-0.15, -0.1) is 0 Å². The second-order valence-corrected chi connectivity index (χ2v) is 10.7. The molecule has 0 bridgehead atoms. The molecule has 1 fully saturated rings. The van der Waals surface area contributed by atoms with Crippen LogP contribution in [-0.4, -0.2) is 45.0 Å². The smallest absolute Gasteiger partial charge is 0.263 e.